The van der Waals surface area contributed by atoms with Crippen molar-refractivity contribution in [1.82, 2.24) is 4.90 Å². The Morgan fingerprint density at radius 3 is 2.75 bits per heavy atom. The van der Waals surface area contributed by atoms with E-state index in [0.29, 0.717) is 6.61 Å². The SMILES string of the molecule is CCOc1ccccc1N1CCN(CCC2OCCc3cc(Br)ccc32)CC1. The average molecular weight is 445 g/mol. The Hall–Kier alpha value is -1.56. The van der Waals surface area contributed by atoms with E-state index in [1.807, 2.05) is 13.0 Å². The first-order valence-electron chi connectivity index (χ1n) is 10.3. The summed E-state index contributed by atoms with van der Waals surface area (Å²) in [6.07, 6.45) is 2.31. The fourth-order valence-electron chi connectivity index (χ4n) is 4.25. The van der Waals surface area contributed by atoms with E-state index in [9.17, 15) is 0 Å². The van der Waals surface area contributed by atoms with Crippen LogP contribution < -0.4 is 9.64 Å². The summed E-state index contributed by atoms with van der Waals surface area (Å²) in [6.45, 7) is 8.91. The molecule has 2 aliphatic rings. The van der Waals surface area contributed by atoms with Crippen LogP contribution in [0.3, 0.4) is 0 Å². The number of hydrogen-bond acceptors (Lipinski definition) is 4. The standard InChI is InChI=1S/C23H29BrN2O2/c1-2-27-23-6-4-3-5-21(23)26-14-12-25(13-15-26)11-9-22-20-8-7-19(24)17-18(20)10-16-28-22/h3-8,17,22H,2,9-16H2,1H3. The number of fused-ring (bicyclic) bond motifs is 1. The topological polar surface area (TPSA) is 24.9 Å². The number of piperazine rings is 1. The Kier molecular flexibility index (Phi) is 6.55. The molecule has 0 amide bonds. The molecule has 2 aromatic rings. The number of benzene rings is 2. The molecule has 0 aliphatic carbocycles. The maximum absolute atomic E-state index is 6.10. The molecule has 4 rings (SSSR count). The summed E-state index contributed by atoms with van der Waals surface area (Å²) in [5.74, 6) is 0.997. The van der Waals surface area contributed by atoms with Crippen molar-refractivity contribution in [2.75, 3.05) is 50.8 Å². The van der Waals surface area contributed by atoms with Crippen molar-refractivity contribution in [2.45, 2.75) is 25.9 Å². The average Bonchev–Trinajstić information content (AvgIpc) is 2.73. The molecule has 1 atom stereocenters. The van der Waals surface area contributed by atoms with Gasteiger partial charge in [-0.05, 0) is 55.2 Å². The summed E-state index contributed by atoms with van der Waals surface area (Å²) in [5, 5.41) is 0. The molecule has 0 aromatic heterocycles. The highest BCUT2D eigenvalue weighted by Crippen LogP contribution is 2.32. The van der Waals surface area contributed by atoms with Gasteiger partial charge >= 0.3 is 0 Å². The van der Waals surface area contributed by atoms with Gasteiger partial charge < -0.3 is 14.4 Å². The normalized spacial score (nSPS) is 20.1. The van der Waals surface area contributed by atoms with E-state index in [4.69, 9.17) is 9.47 Å². The quantitative estimate of drug-likeness (QED) is 0.645. The molecule has 0 radical (unpaired) electrons. The molecule has 1 unspecified atom stereocenters. The van der Waals surface area contributed by atoms with E-state index in [-0.39, 0.29) is 6.10 Å². The Morgan fingerprint density at radius 1 is 1.11 bits per heavy atom. The summed E-state index contributed by atoms with van der Waals surface area (Å²) in [7, 11) is 0. The molecule has 1 fully saturated rings. The predicted octanol–water partition coefficient (Wildman–Crippen LogP) is 4.67. The van der Waals surface area contributed by atoms with Crippen LogP contribution in [-0.2, 0) is 11.2 Å². The number of halogens is 1. The maximum Gasteiger partial charge on any atom is 0.142 e. The van der Waals surface area contributed by atoms with Gasteiger partial charge in [-0.3, -0.25) is 4.90 Å². The highest BCUT2D eigenvalue weighted by molar-refractivity contribution is 9.10. The highest BCUT2D eigenvalue weighted by atomic mass is 79.9. The zero-order valence-corrected chi connectivity index (χ0v) is 18.2. The van der Waals surface area contributed by atoms with Crippen molar-refractivity contribution >= 4 is 21.6 Å². The molecule has 2 aliphatic heterocycles. The van der Waals surface area contributed by atoms with Gasteiger partial charge in [-0.25, -0.2) is 0 Å². The second-order valence-corrected chi connectivity index (χ2v) is 8.39. The lowest BCUT2D eigenvalue weighted by Crippen LogP contribution is -2.47. The fraction of sp³-hybridized carbons (Fsp3) is 0.478. The lowest BCUT2D eigenvalue weighted by atomic mass is 9.95. The van der Waals surface area contributed by atoms with Crippen molar-refractivity contribution in [3.63, 3.8) is 0 Å². The first kappa shape index (κ1) is 19.7. The smallest absolute Gasteiger partial charge is 0.142 e. The monoisotopic (exact) mass is 444 g/mol. The molecule has 28 heavy (non-hydrogen) atoms. The first-order chi connectivity index (χ1) is 13.7. The van der Waals surface area contributed by atoms with E-state index >= 15 is 0 Å². The first-order valence-corrected chi connectivity index (χ1v) is 11.1. The largest absolute Gasteiger partial charge is 0.492 e. The molecule has 0 bridgehead atoms. The van der Waals surface area contributed by atoms with Crippen molar-refractivity contribution in [2.24, 2.45) is 0 Å². The van der Waals surface area contributed by atoms with Crippen molar-refractivity contribution in [3.05, 3.63) is 58.1 Å². The van der Waals surface area contributed by atoms with Crippen LogP contribution >= 0.6 is 15.9 Å². The molecule has 150 valence electrons. The van der Waals surface area contributed by atoms with Gasteiger partial charge in [-0.15, -0.1) is 0 Å². The molecule has 0 N–H and O–H groups in total. The predicted molar refractivity (Wildman–Crippen MR) is 117 cm³/mol. The zero-order chi connectivity index (χ0) is 19.3. The number of rotatable bonds is 6. The van der Waals surface area contributed by atoms with Crippen LogP contribution in [0.15, 0.2) is 46.9 Å². The minimum absolute atomic E-state index is 0.230. The Balaban J connectivity index is 1.31. The molecule has 0 spiro atoms. The summed E-state index contributed by atoms with van der Waals surface area (Å²) in [5.41, 5.74) is 4.03. The Morgan fingerprint density at radius 2 is 1.93 bits per heavy atom. The Labute approximate surface area is 176 Å². The van der Waals surface area contributed by atoms with Gasteiger partial charge in [-0.2, -0.15) is 0 Å². The van der Waals surface area contributed by atoms with Gasteiger partial charge in [0, 0.05) is 37.2 Å². The van der Waals surface area contributed by atoms with Crippen LogP contribution in [0, 0.1) is 0 Å². The molecule has 0 saturated carbocycles. The third kappa shape index (κ3) is 4.53. The van der Waals surface area contributed by atoms with Gasteiger partial charge in [0.2, 0.25) is 0 Å². The minimum Gasteiger partial charge on any atom is -0.492 e. The van der Waals surface area contributed by atoms with Crippen molar-refractivity contribution < 1.29 is 9.47 Å². The lowest BCUT2D eigenvalue weighted by Gasteiger charge is -2.37. The molecule has 5 heteroatoms. The summed E-state index contributed by atoms with van der Waals surface area (Å²) >= 11 is 3.59. The molecule has 4 nitrogen and oxygen atoms in total. The van der Waals surface area contributed by atoms with Crippen LogP contribution in [0.2, 0.25) is 0 Å². The summed E-state index contributed by atoms with van der Waals surface area (Å²) in [6, 6.07) is 15.0. The second kappa shape index (κ2) is 9.29. The number of nitrogens with zero attached hydrogens (tertiary/aromatic N) is 2. The lowest BCUT2D eigenvalue weighted by molar-refractivity contribution is 0.0289. The van der Waals surface area contributed by atoms with Gasteiger partial charge in [0.15, 0.2) is 0 Å². The van der Waals surface area contributed by atoms with Crippen molar-refractivity contribution in [3.8, 4) is 5.75 Å². The van der Waals surface area contributed by atoms with Gasteiger partial charge in [-0.1, -0.05) is 34.1 Å². The molecule has 2 aromatic carbocycles. The van der Waals surface area contributed by atoms with Crippen LogP contribution in [0.5, 0.6) is 5.75 Å². The van der Waals surface area contributed by atoms with Gasteiger partial charge in [0.1, 0.15) is 5.75 Å². The maximum atomic E-state index is 6.10. The van der Waals surface area contributed by atoms with Crippen LogP contribution in [0.25, 0.3) is 0 Å². The Bertz CT molecular complexity index is 790. The zero-order valence-electron chi connectivity index (χ0n) is 16.6. The third-order valence-corrected chi connectivity index (χ3v) is 6.22. The number of ether oxygens (including phenoxy) is 2. The van der Waals surface area contributed by atoms with Crippen molar-refractivity contribution in [1.29, 1.82) is 0 Å². The summed E-state index contributed by atoms with van der Waals surface area (Å²) < 4.78 is 13.1. The second-order valence-electron chi connectivity index (χ2n) is 7.47. The van der Waals surface area contributed by atoms with Crippen LogP contribution in [-0.4, -0.2) is 50.8 Å². The van der Waals surface area contributed by atoms with E-state index < -0.39 is 0 Å². The van der Waals surface area contributed by atoms with E-state index in [1.165, 1.54) is 16.8 Å². The van der Waals surface area contributed by atoms with Gasteiger partial charge in [0.05, 0.1) is 25.0 Å². The summed E-state index contributed by atoms with van der Waals surface area (Å²) in [4.78, 5) is 5.02. The number of hydrogen-bond donors (Lipinski definition) is 0. The highest BCUT2D eigenvalue weighted by Gasteiger charge is 2.24. The van der Waals surface area contributed by atoms with E-state index in [1.54, 1.807) is 0 Å². The minimum atomic E-state index is 0.230. The fourth-order valence-corrected chi connectivity index (χ4v) is 4.66. The van der Waals surface area contributed by atoms with E-state index in [0.717, 1.165) is 62.4 Å². The molecule has 2 heterocycles. The van der Waals surface area contributed by atoms with E-state index in [2.05, 4.69) is 62.1 Å². The third-order valence-electron chi connectivity index (χ3n) is 5.73. The van der Waals surface area contributed by atoms with Gasteiger partial charge in [0.25, 0.3) is 0 Å². The number of anilines is 1. The van der Waals surface area contributed by atoms with Crippen LogP contribution in [0.4, 0.5) is 5.69 Å². The molecular formula is C23H29BrN2O2. The molecule has 1 saturated heterocycles. The molecular weight excluding hydrogens is 416 g/mol. The number of para-hydroxylation sites is 2. The van der Waals surface area contributed by atoms with Crippen LogP contribution in [0.1, 0.15) is 30.6 Å².